The Kier molecular flexibility index (Phi) is 7.48. The first kappa shape index (κ1) is 34.7. The van der Waals surface area contributed by atoms with Crippen LogP contribution in [-0.2, 0) is 12.3 Å². The molecule has 0 radical (unpaired) electrons. The lowest BCUT2D eigenvalue weighted by Crippen LogP contribution is -2.93. The van der Waals surface area contributed by atoms with Crippen LogP contribution in [0.3, 0.4) is 0 Å². The number of phenols is 7. The molecule has 22 nitrogen and oxygen atoms in total. The highest BCUT2D eigenvalue weighted by Crippen LogP contribution is 2.61. The maximum Gasteiger partial charge on any atom is 0.289 e. The predicted octanol–water partition coefficient (Wildman–Crippen LogP) is -6.13. The number of carbonyl (C=O) groups is 1. The number of Topliss-reactive ketones (excluding diaryl/α,β-unsaturated/α-hetero) is 1. The average molecular weight is 667 g/mol. The summed E-state index contributed by atoms with van der Waals surface area (Å²) in [6.07, 6.45) is -2.21. The van der Waals surface area contributed by atoms with E-state index in [1.54, 1.807) is 0 Å². The zero-order valence-corrected chi connectivity index (χ0v) is 23.2. The minimum absolute atomic E-state index is 0.750. The van der Waals surface area contributed by atoms with Crippen molar-refractivity contribution in [3.63, 3.8) is 0 Å². The van der Waals surface area contributed by atoms with Crippen molar-refractivity contribution in [1.29, 1.82) is 0 Å². The number of ketones is 1. The Labute approximate surface area is 253 Å². The number of likely N-dealkylation sites (tertiary alicyclic amines) is 1. The van der Waals surface area contributed by atoms with E-state index in [9.17, 15) is 96.7 Å². The molecule has 0 saturated carbocycles. The van der Waals surface area contributed by atoms with Crippen molar-refractivity contribution >= 4 is 5.78 Å². The highest BCUT2D eigenvalue weighted by atomic mass is 16.7. The number of ether oxygens (including phenoxy) is 2. The van der Waals surface area contributed by atoms with Crippen LogP contribution in [0.25, 0.3) is 0 Å². The number of nitrogens with zero attached hydrogens (tertiary/aromatic N) is 1. The molecule has 22 heteroatoms. The predicted molar refractivity (Wildman–Crippen MR) is 135 cm³/mol. The van der Waals surface area contributed by atoms with Gasteiger partial charge in [-0.1, -0.05) is 0 Å². The lowest BCUT2D eigenvalue weighted by Gasteiger charge is -2.63. The van der Waals surface area contributed by atoms with Crippen molar-refractivity contribution in [3.8, 4) is 51.7 Å². The molecule has 0 amide bonds. The summed E-state index contributed by atoms with van der Waals surface area (Å²) in [6, 6.07) is 0. The van der Waals surface area contributed by atoms with E-state index in [1.165, 1.54) is 0 Å². The molecule has 1 aliphatic carbocycles. The number of fused-ring (bicyclic) bond motifs is 1. The second kappa shape index (κ2) is 9.91. The molecule has 1 atom stereocenters. The third-order valence-corrected chi connectivity index (χ3v) is 8.31. The van der Waals surface area contributed by atoms with Gasteiger partial charge in [-0.3, -0.25) is 4.79 Å². The van der Waals surface area contributed by atoms with E-state index in [-0.39, 0.29) is 0 Å². The number of phenolic OH excluding ortho intramolecular Hbond substituents is 7. The van der Waals surface area contributed by atoms with Gasteiger partial charge in [0.15, 0.2) is 34.4 Å². The molecular weight excluding hydrogens is 638 g/mol. The summed E-state index contributed by atoms with van der Waals surface area (Å²) in [4.78, 5) is 12.4. The van der Waals surface area contributed by atoms with E-state index >= 15 is 0 Å². The highest BCUT2D eigenvalue weighted by Gasteiger charge is 2.85. The average Bonchev–Trinajstić information content (AvgIpc) is 3.15. The van der Waals surface area contributed by atoms with Crippen molar-refractivity contribution in [2.45, 2.75) is 47.8 Å². The molecule has 2 aromatic carbocycles. The zero-order chi connectivity index (χ0) is 35.5. The molecule has 1 aliphatic heterocycles. The smallest absolute Gasteiger partial charge is 0.289 e. The van der Waals surface area contributed by atoms with Crippen LogP contribution in [0, 0.1) is 5.92 Å². The quantitative estimate of drug-likeness (QED) is 0.0773. The number of hydrogen-bond donors (Lipinski definition) is 18. The van der Waals surface area contributed by atoms with Crippen LogP contribution in [0.5, 0.6) is 51.7 Å². The normalized spacial score (nSPS) is 23.6. The maximum absolute atomic E-state index is 13.4. The lowest BCUT2D eigenvalue weighted by atomic mass is 9.68. The number of aromatic hydroxyl groups is 7. The summed E-state index contributed by atoms with van der Waals surface area (Å²) < 4.78 is 9.67. The SMILES string of the molecule is COc1c(O)c2c(c(O)c1OC)C(O)(O)C(CC1(O)C(O)(O)C(O)(O)N(Cc3c(O)c(O)c(O)c(O)c3O)C(O)(O)C1(O)O)C2=O. The van der Waals surface area contributed by atoms with Crippen LogP contribution in [0.2, 0.25) is 0 Å². The van der Waals surface area contributed by atoms with Crippen molar-refractivity contribution < 1.29 is 106 Å². The zero-order valence-electron chi connectivity index (χ0n) is 23.2. The Morgan fingerprint density at radius 2 is 1.00 bits per heavy atom. The Hall–Kier alpha value is -4.17. The Morgan fingerprint density at radius 1 is 0.609 bits per heavy atom. The fourth-order valence-corrected chi connectivity index (χ4v) is 5.66. The fourth-order valence-electron chi connectivity index (χ4n) is 5.66. The molecule has 256 valence electrons. The fraction of sp³-hybridized carbons (Fsp3) is 0.458. The van der Waals surface area contributed by atoms with Crippen LogP contribution >= 0.6 is 0 Å². The van der Waals surface area contributed by atoms with Gasteiger partial charge in [0, 0.05) is 13.0 Å². The van der Waals surface area contributed by atoms with Gasteiger partial charge in [0.2, 0.25) is 34.5 Å². The molecule has 2 aliphatic rings. The first-order valence-corrected chi connectivity index (χ1v) is 12.4. The van der Waals surface area contributed by atoms with Crippen LogP contribution in [0.1, 0.15) is 27.9 Å². The van der Waals surface area contributed by atoms with Crippen molar-refractivity contribution in [3.05, 3.63) is 16.7 Å². The Morgan fingerprint density at radius 3 is 1.41 bits per heavy atom. The minimum atomic E-state index is -4.99. The second-order valence-electron chi connectivity index (χ2n) is 10.6. The first-order valence-electron chi connectivity index (χ1n) is 12.4. The van der Waals surface area contributed by atoms with Crippen molar-refractivity contribution in [2.75, 3.05) is 14.2 Å². The molecule has 1 heterocycles. The molecule has 1 fully saturated rings. The van der Waals surface area contributed by atoms with Crippen molar-refractivity contribution in [1.82, 2.24) is 4.90 Å². The highest BCUT2D eigenvalue weighted by molar-refractivity contribution is 6.08. The van der Waals surface area contributed by atoms with Gasteiger partial charge in [-0.2, -0.15) is 4.90 Å². The summed E-state index contributed by atoms with van der Waals surface area (Å²) in [7, 11) is 1.83. The van der Waals surface area contributed by atoms with E-state index in [2.05, 4.69) is 0 Å². The molecule has 1 saturated heterocycles. The van der Waals surface area contributed by atoms with Gasteiger partial charge < -0.3 is 101 Å². The van der Waals surface area contributed by atoms with Gasteiger partial charge in [-0.05, 0) is 0 Å². The van der Waals surface area contributed by atoms with Gasteiger partial charge in [0.05, 0.1) is 36.8 Å². The molecule has 2 aromatic rings. The minimum Gasteiger partial charge on any atom is -0.504 e. The number of methoxy groups -OCH3 is 2. The summed E-state index contributed by atoms with van der Waals surface area (Å²) in [5, 5.41) is 190. The monoisotopic (exact) mass is 667 g/mol. The van der Waals surface area contributed by atoms with Gasteiger partial charge in [0.1, 0.15) is 0 Å². The third kappa shape index (κ3) is 3.85. The second-order valence-corrected chi connectivity index (χ2v) is 10.6. The van der Waals surface area contributed by atoms with E-state index in [4.69, 9.17) is 9.47 Å². The number of rotatable bonds is 6. The topological polar surface area (TPSA) is 403 Å². The Bertz CT molecular complexity index is 1570. The molecular formula is C24H29NO21. The van der Waals surface area contributed by atoms with Gasteiger partial charge in [-0.15, -0.1) is 0 Å². The molecule has 0 aromatic heterocycles. The maximum atomic E-state index is 13.4. The molecule has 1 unspecified atom stereocenters. The number of benzene rings is 2. The van der Waals surface area contributed by atoms with Crippen LogP contribution in [-0.4, -0.2) is 146 Å². The van der Waals surface area contributed by atoms with Crippen LogP contribution < -0.4 is 9.47 Å². The van der Waals surface area contributed by atoms with Gasteiger partial charge in [-0.25, -0.2) is 0 Å². The van der Waals surface area contributed by atoms with Crippen molar-refractivity contribution in [2.24, 2.45) is 5.92 Å². The number of aliphatic hydroxyl groups is 11. The molecule has 0 bridgehead atoms. The van der Waals surface area contributed by atoms with E-state index < -0.39 is 133 Å². The first-order chi connectivity index (χ1) is 20.7. The standard InChI is InChI=1S/C24H29NO21/c1-45-17-12(29)7-8(13(30)18(17)46-2)20(35,36)6(11(7)28)3-19(34)21(37,38)23(41,42)25(24(43,44)22(19,39)40)4-5-9(26)14(31)16(33)15(32)10(5)27/h6,26-27,29-44H,3-4H2,1-2H3. The third-order valence-electron chi connectivity index (χ3n) is 8.31. The van der Waals surface area contributed by atoms with E-state index in [0.717, 1.165) is 14.2 Å². The largest absolute Gasteiger partial charge is 0.504 e. The molecule has 0 spiro atoms. The lowest BCUT2D eigenvalue weighted by molar-refractivity contribution is -0.598. The molecule has 18 N–H and O–H groups in total. The van der Waals surface area contributed by atoms with Crippen LogP contribution in [0.15, 0.2) is 0 Å². The van der Waals surface area contributed by atoms with Gasteiger partial charge >= 0.3 is 0 Å². The molecule has 46 heavy (non-hydrogen) atoms. The summed E-state index contributed by atoms with van der Waals surface area (Å²) in [5.74, 6) is -40.2. The Balaban J connectivity index is 1.90. The number of hydrogen-bond acceptors (Lipinski definition) is 22. The van der Waals surface area contributed by atoms with Gasteiger partial charge in [0.25, 0.3) is 23.4 Å². The van der Waals surface area contributed by atoms with E-state index in [0.29, 0.717) is 0 Å². The molecule has 4 rings (SSSR count). The number of carbonyl (C=O) groups excluding carboxylic acids is 1. The number of piperidine rings is 1. The summed E-state index contributed by atoms with van der Waals surface area (Å²) >= 11 is 0. The summed E-state index contributed by atoms with van der Waals surface area (Å²) in [5.41, 5.74) is -8.53. The summed E-state index contributed by atoms with van der Waals surface area (Å²) in [6.45, 7) is -1.94. The van der Waals surface area contributed by atoms with Crippen LogP contribution in [0.4, 0.5) is 0 Å². The van der Waals surface area contributed by atoms with E-state index in [1.807, 2.05) is 0 Å².